The maximum atomic E-state index is 10.8. The average Bonchev–Trinajstić information content (AvgIpc) is 2.11. The van der Waals surface area contributed by atoms with Gasteiger partial charge in [0.1, 0.15) is 0 Å². The Bertz CT molecular complexity index is 217. The lowest BCUT2D eigenvalue weighted by Crippen LogP contribution is -2.30. The van der Waals surface area contributed by atoms with Crippen LogP contribution in [0.3, 0.4) is 0 Å². The van der Waals surface area contributed by atoms with Gasteiger partial charge in [-0.05, 0) is 6.42 Å². The van der Waals surface area contributed by atoms with E-state index in [-0.39, 0.29) is 18.4 Å². The molecule has 1 aliphatic heterocycles. The largest absolute Gasteiger partial charge is 0.326 e. The zero-order chi connectivity index (χ0) is 7.78. The Hall–Kier alpha value is 0.160. The zero-order valence-electron chi connectivity index (χ0n) is 6.36. The van der Waals surface area contributed by atoms with E-state index in [1.807, 2.05) is 0 Å². The molecule has 1 saturated heterocycles. The predicted octanol–water partition coefficient (Wildman–Crippen LogP) is -0.599. The first-order valence-corrected chi connectivity index (χ1v) is 5.05. The molecule has 0 radical (unpaired) electrons. The maximum Gasteiger partial charge on any atom is 0.211 e. The second-order valence-corrected chi connectivity index (χ2v) is 4.65. The molecule has 0 aliphatic carbocycles. The van der Waals surface area contributed by atoms with Crippen LogP contribution in [0.1, 0.15) is 6.42 Å². The topological polar surface area (TPSA) is 63.4 Å². The Morgan fingerprint density at radius 1 is 1.55 bits per heavy atom. The summed E-state index contributed by atoms with van der Waals surface area (Å²) < 4.78 is 23.1. The number of hydrogen-bond acceptors (Lipinski definition) is 3. The lowest BCUT2D eigenvalue weighted by Gasteiger charge is -2.10. The summed E-state index contributed by atoms with van der Waals surface area (Å²) in [6, 6.07) is 0.0368. The minimum absolute atomic E-state index is 0. The molecule has 0 bridgehead atoms. The van der Waals surface area contributed by atoms with Gasteiger partial charge in [-0.2, -0.15) is 0 Å². The van der Waals surface area contributed by atoms with E-state index in [1.54, 1.807) is 0 Å². The lowest BCUT2D eigenvalue weighted by atomic mass is 10.3. The first-order chi connectivity index (χ1) is 4.50. The molecule has 0 aromatic carbocycles. The molecular formula is C5H13ClN2O2S. The molecule has 0 unspecified atom stereocenters. The van der Waals surface area contributed by atoms with Crippen molar-refractivity contribution in [2.75, 3.05) is 19.3 Å². The highest BCUT2D eigenvalue weighted by Crippen LogP contribution is 2.09. The number of hydrogen-bond donors (Lipinski definition) is 1. The third kappa shape index (κ3) is 2.94. The number of nitrogens with two attached hydrogens (primary N) is 1. The summed E-state index contributed by atoms with van der Waals surface area (Å²) in [4.78, 5) is 0. The summed E-state index contributed by atoms with van der Waals surface area (Å²) in [6.07, 6.45) is 2.00. The van der Waals surface area contributed by atoms with E-state index in [0.717, 1.165) is 6.42 Å². The van der Waals surface area contributed by atoms with Crippen molar-refractivity contribution in [3.8, 4) is 0 Å². The van der Waals surface area contributed by atoms with Crippen LogP contribution in [0.5, 0.6) is 0 Å². The van der Waals surface area contributed by atoms with Crippen LogP contribution in [0.15, 0.2) is 0 Å². The van der Waals surface area contributed by atoms with Crippen molar-refractivity contribution >= 4 is 22.4 Å². The quantitative estimate of drug-likeness (QED) is 0.615. The van der Waals surface area contributed by atoms with Gasteiger partial charge in [-0.3, -0.25) is 0 Å². The molecule has 1 aliphatic rings. The highest BCUT2D eigenvalue weighted by Gasteiger charge is 2.25. The van der Waals surface area contributed by atoms with Crippen molar-refractivity contribution in [1.29, 1.82) is 0 Å². The molecule has 0 aromatic heterocycles. The molecule has 4 nitrogen and oxygen atoms in total. The fourth-order valence-electron chi connectivity index (χ4n) is 1.06. The van der Waals surface area contributed by atoms with Gasteiger partial charge in [-0.25, -0.2) is 12.7 Å². The SMILES string of the molecule is CS(=O)(=O)N1CC[C@@H](N)C1.Cl. The van der Waals surface area contributed by atoms with E-state index in [2.05, 4.69) is 0 Å². The number of rotatable bonds is 1. The number of nitrogens with zero attached hydrogens (tertiary/aromatic N) is 1. The molecule has 1 atom stereocenters. The van der Waals surface area contributed by atoms with Crippen molar-refractivity contribution in [3.05, 3.63) is 0 Å². The van der Waals surface area contributed by atoms with Gasteiger partial charge in [-0.1, -0.05) is 0 Å². The lowest BCUT2D eigenvalue weighted by molar-refractivity contribution is 0.478. The Kier molecular flexibility index (Phi) is 3.76. The van der Waals surface area contributed by atoms with Crippen molar-refractivity contribution in [2.45, 2.75) is 12.5 Å². The van der Waals surface area contributed by atoms with Gasteiger partial charge in [-0.15, -0.1) is 12.4 Å². The highest BCUT2D eigenvalue weighted by molar-refractivity contribution is 7.88. The number of halogens is 1. The number of sulfonamides is 1. The second kappa shape index (κ2) is 3.71. The molecule has 1 heterocycles. The van der Waals surface area contributed by atoms with Crippen LogP contribution in [0.25, 0.3) is 0 Å². The minimum atomic E-state index is -2.98. The highest BCUT2D eigenvalue weighted by atomic mass is 35.5. The van der Waals surface area contributed by atoms with Crippen molar-refractivity contribution in [3.63, 3.8) is 0 Å². The van der Waals surface area contributed by atoms with Crippen LogP contribution in [0, 0.1) is 0 Å². The van der Waals surface area contributed by atoms with E-state index in [4.69, 9.17) is 5.73 Å². The van der Waals surface area contributed by atoms with E-state index >= 15 is 0 Å². The Labute approximate surface area is 73.2 Å². The van der Waals surface area contributed by atoms with Gasteiger partial charge < -0.3 is 5.73 Å². The van der Waals surface area contributed by atoms with Gasteiger partial charge in [0, 0.05) is 19.1 Å². The molecule has 2 N–H and O–H groups in total. The van der Waals surface area contributed by atoms with E-state index in [9.17, 15) is 8.42 Å². The van der Waals surface area contributed by atoms with Gasteiger partial charge in [0.2, 0.25) is 10.0 Å². The maximum absolute atomic E-state index is 10.8. The summed E-state index contributed by atoms with van der Waals surface area (Å²) >= 11 is 0. The van der Waals surface area contributed by atoms with Crippen LogP contribution in [0.2, 0.25) is 0 Å². The minimum Gasteiger partial charge on any atom is -0.326 e. The summed E-state index contributed by atoms with van der Waals surface area (Å²) in [5, 5.41) is 0. The Balaban J connectivity index is 0.000001000. The smallest absolute Gasteiger partial charge is 0.211 e. The molecule has 0 aromatic rings. The third-order valence-corrected chi connectivity index (χ3v) is 2.93. The van der Waals surface area contributed by atoms with Crippen LogP contribution in [0.4, 0.5) is 0 Å². The summed E-state index contributed by atoms with van der Waals surface area (Å²) in [6.45, 7) is 1.07. The van der Waals surface area contributed by atoms with Crippen molar-refractivity contribution in [1.82, 2.24) is 4.31 Å². The predicted molar refractivity (Wildman–Crippen MR) is 46.3 cm³/mol. The normalized spacial score (nSPS) is 26.5. The summed E-state index contributed by atoms with van der Waals surface area (Å²) in [5.74, 6) is 0. The fourth-order valence-corrected chi connectivity index (χ4v) is 1.95. The standard InChI is InChI=1S/C5H12N2O2S.ClH/c1-10(8,9)7-3-2-5(6)4-7;/h5H,2-4,6H2,1H3;1H/t5-;/m1./s1. The average molecular weight is 201 g/mol. The molecule has 6 heteroatoms. The zero-order valence-corrected chi connectivity index (χ0v) is 7.99. The van der Waals surface area contributed by atoms with Gasteiger partial charge in [0.25, 0.3) is 0 Å². The third-order valence-electron chi connectivity index (χ3n) is 1.66. The van der Waals surface area contributed by atoms with Crippen molar-refractivity contribution < 1.29 is 8.42 Å². The van der Waals surface area contributed by atoms with E-state index in [1.165, 1.54) is 10.6 Å². The Morgan fingerprint density at radius 2 is 2.09 bits per heavy atom. The molecule has 1 rings (SSSR count). The van der Waals surface area contributed by atoms with Crippen LogP contribution >= 0.6 is 12.4 Å². The first-order valence-electron chi connectivity index (χ1n) is 3.21. The Morgan fingerprint density at radius 3 is 2.27 bits per heavy atom. The van der Waals surface area contributed by atoms with E-state index < -0.39 is 10.0 Å². The molecule has 0 amide bonds. The summed E-state index contributed by atoms with van der Waals surface area (Å²) in [7, 11) is -2.98. The molecular weight excluding hydrogens is 188 g/mol. The monoisotopic (exact) mass is 200 g/mol. The van der Waals surface area contributed by atoms with Crippen LogP contribution in [-0.4, -0.2) is 38.1 Å². The molecule has 11 heavy (non-hydrogen) atoms. The van der Waals surface area contributed by atoms with Gasteiger partial charge in [0.05, 0.1) is 6.26 Å². The molecule has 1 fully saturated rings. The van der Waals surface area contributed by atoms with Gasteiger partial charge in [0.15, 0.2) is 0 Å². The fraction of sp³-hybridized carbons (Fsp3) is 1.00. The summed E-state index contributed by atoms with van der Waals surface area (Å²) in [5.41, 5.74) is 5.52. The van der Waals surface area contributed by atoms with Gasteiger partial charge >= 0.3 is 0 Å². The molecule has 0 saturated carbocycles. The molecule has 68 valence electrons. The first kappa shape index (κ1) is 11.2. The second-order valence-electron chi connectivity index (χ2n) is 2.67. The van der Waals surface area contributed by atoms with Crippen LogP contribution in [-0.2, 0) is 10.0 Å². The van der Waals surface area contributed by atoms with Crippen LogP contribution < -0.4 is 5.73 Å². The van der Waals surface area contributed by atoms with Crippen molar-refractivity contribution in [2.24, 2.45) is 5.73 Å². The molecule has 0 spiro atoms. The van der Waals surface area contributed by atoms with E-state index in [0.29, 0.717) is 13.1 Å².